The van der Waals surface area contributed by atoms with Gasteiger partial charge in [0, 0.05) is 18.5 Å². The number of likely N-dealkylation sites (N-methyl/N-ethyl adjacent to an activating group) is 1. The van der Waals surface area contributed by atoms with Crippen molar-refractivity contribution in [2.75, 3.05) is 25.1 Å². The number of benzene rings is 2. The Morgan fingerprint density at radius 2 is 1.93 bits per heavy atom. The number of amides is 1. The number of carbonyl (C=O) groups is 1. The zero-order chi connectivity index (χ0) is 19.5. The number of para-hydroxylation sites is 1. The fraction of sp³-hybridized carbons (Fsp3) is 0.304. The van der Waals surface area contributed by atoms with Crippen LogP contribution in [0.5, 0.6) is 5.75 Å². The Morgan fingerprint density at radius 3 is 2.68 bits per heavy atom. The van der Waals surface area contributed by atoms with Gasteiger partial charge in [0.2, 0.25) is 0 Å². The van der Waals surface area contributed by atoms with E-state index in [1.54, 1.807) is 0 Å². The maximum atomic E-state index is 12.7. The van der Waals surface area contributed by atoms with Gasteiger partial charge in [0.15, 0.2) is 0 Å². The molecular formula is C23H25N3O2. The van der Waals surface area contributed by atoms with E-state index < -0.39 is 0 Å². The molecule has 1 aliphatic carbocycles. The summed E-state index contributed by atoms with van der Waals surface area (Å²) in [5.41, 5.74) is 2.72. The summed E-state index contributed by atoms with van der Waals surface area (Å²) in [5.74, 6) is 1.61. The molecule has 0 radical (unpaired) electrons. The van der Waals surface area contributed by atoms with Gasteiger partial charge in [-0.25, -0.2) is 4.98 Å². The van der Waals surface area contributed by atoms with Crippen LogP contribution in [0, 0.1) is 6.92 Å². The van der Waals surface area contributed by atoms with Gasteiger partial charge in [-0.1, -0.05) is 35.9 Å². The number of aromatic nitrogens is 1. The van der Waals surface area contributed by atoms with E-state index >= 15 is 0 Å². The molecule has 5 nitrogen and oxygen atoms in total. The smallest absolute Gasteiger partial charge is 0.252 e. The first-order valence-electron chi connectivity index (χ1n) is 9.71. The lowest BCUT2D eigenvalue weighted by Crippen LogP contribution is -2.28. The van der Waals surface area contributed by atoms with Crippen molar-refractivity contribution in [2.45, 2.75) is 25.8 Å². The molecule has 4 rings (SSSR count). The molecule has 1 aromatic heterocycles. The number of aryl methyl sites for hydroxylation is 1. The van der Waals surface area contributed by atoms with Crippen molar-refractivity contribution < 1.29 is 9.53 Å². The normalized spacial score (nSPS) is 13.4. The molecule has 0 atom stereocenters. The quantitative estimate of drug-likeness (QED) is 0.679. The molecule has 0 spiro atoms. The maximum absolute atomic E-state index is 12.7. The Kier molecular flexibility index (Phi) is 5.15. The summed E-state index contributed by atoms with van der Waals surface area (Å²) in [6.45, 7) is 3.26. The van der Waals surface area contributed by atoms with Crippen LogP contribution in [0.15, 0.2) is 54.6 Å². The van der Waals surface area contributed by atoms with E-state index in [1.165, 1.54) is 5.56 Å². The van der Waals surface area contributed by atoms with Crippen LogP contribution in [-0.2, 0) is 0 Å². The zero-order valence-electron chi connectivity index (χ0n) is 16.3. The fourth-order valence-corrected chi connectivity index (χ4v) is 3.09. The molecule has 0 bridgehead atoms. The van der Waals surface area contributed by atoms with Gasteiger partial charge >= 0.3 is 0 Å². The third-order valence-electron chi connectivity index (χ3n) is 4.97. The minimum Gasteiger partial charge on any atom is -0.492 e. The number of nitrogens with zero attached hydrogens (tertiary/aromatic N) is 2. The summed E-state index contributed by atoms with van der Waals surface area (Å²) in [6.07, 6.45) is 2.13. The van der Waals surface area contributed by atoms with Crippen LogP contribution in [0.2, 0.25) is 0 Å². The number of hydrogen-bond donors (Lipinski definition) is 1. The molecule has 5 heteroatoms. The molecule has 1 saturated carbocycles. The highest BCUT2D eigenvalue weighted by Gasteiger charge is 2.25. The number of pyridine rings is 1. The Balaban J connectivity index is 1.50. The average Bonchev–Trinajstić information content (AvgIpc) is 3.52. The van der Waals surface area contributed by atoms with E-state index in [-0.39, 0.29) is 5.91 Å². The number of anilines is 1. The third kappa shape index (κ3) is 4.25. The van der Waals surface area contributed by atoms with Gasteiger partial charge in [-0.15, -0.1) is 0 Å². The third-order valence-corrected chi connectivity index (χ3v) is 4.97. The molecule has 1 fully saturated rings. The largest absolute Gasteiger partial charge is 0.492 e. The van der Waals surface area contributed by atoms with E-state index in [4.69, 9.17) is 9.72 Å². The summed E-state index contributed by atoms with van der Waals surface area (Å²) >= 11 is 0. The van der Waals surface area contributed by atoms with E-state index in [2.05, 4.69) is 12.2 Å². The van der Waals surface area contributed by atoms with Crippen molar-refractivity contribution in [1.82, 2.24) is 10.3 Å². The first-order valence-corrected chi connectivity index (χ1v) is 9.71. The molecule has 1 aliphatic rings. The second-order valence-corrected chi connectivity index (χ2v) is 7.38. The predicted octanol–water partition coefficient (Wildman–Crippen LogP) is 3.95. The van der Waals surface area contributed by atoms with Crippen molar-refractivity contribution in [1.29, 1.82) is 0 Å². The van der Waals surface area contributed by atoms with Crippen LogP contribution in [0.3, 0.4) is 0 Å². The van der Waals surface area contributed by atoms with Gasteiger partial charge in [-0.3, -0.25) is 4.79 Å². The SMILES string of the molecule is Cc1ccc(OCCN(C)c2cc(C(=O)NC3CC3)c3ccccc3n2)cc1. The number of carbonyl (C=O) groups excluding carboxylic acids is 1. The van der Waals surface area contributed by atoms with E-state index in [1.807, 2.05) is 66.5 Å². The monoisotopic (exact) mass is 375 g/mol. The van der Waals surface area contributed by atoms with Gasteiger partial charge in [-0.2, -0.15) is 0 Å². The minimum atomic E-state index is -0.0216. The van der Waals surface area contributed by atoms with E-state index in [0.29, 0.717) is 24.8 Å². The zero-order valence-corrected chi connectivity index (χ0v) is 16.3. The van der Waals surface area contributed by atoms with Crippen molar-refractivity contribution in [3.05, 3.63) is 65.7 Å². The van der Waals surface area contributed by atoms with Gasteiger partial charge in [-0.05, 0) is 44.0 Å². The predicted molar refractivity (Wildman–Crippen MR) is 112 cm³/mol. The molecule has 0 unspecified atom stereocenters. The number of hydrogen-bond acceptors (Lipinski definition) is 4. The Bertz CT molecular complexity index is 981. The summed E-state index contributed by atoms with van der Waals surface area (Å²) < 4.78 is 5.83. The van der Waals surface area contributed by atoms with Crippen LogP contribution < -0.4 is 15.0 Å². The number of fused-ring (bicyclic) bond motifs is 1. The Labute approximate surface area is 165 Å². The highest BCUT2D eigenvalue weighted by Crippen LogP contribution is 2.25. The van der Waals surface area contributed by atoms with Crippen molar-refractivity contribution in [3.63, 3.8) is 0 Å². The van der Waals surface area contributed by atoms with Crippen LogP contribution in [0.25, 0.3) is 10.9 Å². The molecule has 28 heavy (non-hydrogen) atoms. The van der Waals surface area contributed by atoms with Crippen LogP contribution in [0.4, 0.5) is 5.82 Å². The molecule has 3 aromatic rings. The van der Waals surface area contributed by atoms with Gasteiger partial charge in [0.1, 0.15) is 18.2 Å². The first-order chi connectivity index (χ1) is 13.6. The summed E-state index contributed by atoms with van der Waals surface area (Å²) in [6, 6.07) is 18.0. The van der Waals surface area contributed by atoms with Crippen molar-refractivity contribution in [2.24, 2.45) is 0 Å². The number of rotatable bonds is 7. The fourth-order valence-electron chi connectivity index (χ4n) is 3.09. The standard InChI is InChI=1S/C23H25N3O2/c1-16-7-11-18(12-8-16)28-14-13-26(2)22-15-20(23(27)24-17-9-10-17)19-5-3-4-6-21(19)25-22/h3-8,11-12,15,17H,9-10,13-14H2,1-2H3,(H,24,27). The Hall–Kier alpha value is -3.08. The summed E-state index contributed by atoms with van der Waals surface area (Å²) in [7, 11) is 1.97. The molecule has 1 N–H and O–H groups in total. The molecule has 144 valence electrons. The lowest BCUT2D eigenvalue weighted by molar-refractivity contribution is 0.0952. The lowest BCUT2D eigenvalue weighted by Gasteiger charge is -2.20. The molecule has 1 heterocycles. The van der Waals surface area contributed by atoms with Gasteiger partial charge < -0.3 is 15.0 Å². The molecule has 2 aromatic carbocycles. The molecular weight excluding hydrogens is 350 g/mol. The van der Waals surface area contributed by atoms with Crippen LogP contribution >= 0.6 is 0 Å². The van der Waals surface area contributed by atoms with E-state index in [0.717, 1.165) is 35.3 Å². The highest BCUT2D eigenvalue weighted by molar-refractivity contribution is 6.07. The summed E-state index contributed by atoms with van der Waals surface area (Å²) in [5, 5.41) is 3.97. The van der Waals surface area contributed by atoms with E-state index in [9.17, 15) is 4.79 Å². The topological polar surface area (TPSA) is 54.5 Å². The second-order valence-electron chi connectivity index (χ2n) is 7.38. The van der Waals surface area contributed by atoms with Crippen LogP contribution in [0.1, 0.15) is 28.8 Å². The maximum Gasteiger partial charge on any atom is 0.252 e. The van der Waals surface area contributed by atoms with Crippen molar-refractivity contribution in [3.8, 4) is 5.75 Å². The second kappa shape index (κ2) is 7.89. The molecule has 1 amide bonds. The average molecular weight is 375 g/mol. The van der Waals surface area contributed by atoms with Gasteiger partial charge in [0.25, 0.3) is 5.91 Å². The van der Waals surface area contributed by atoms with Crippen LogP contribution in [-0.4, -0.2) is 37.1 Å². The van der Waals surface area contributed by atoms with Crippen molar-refractivity contribution >= 4 is 22.6 Å². The first kappa shape index (κ1) is 18.3. The summed E-state index contributed by atoms with van der Waals surface area (Å²) in [4.78, 5) is 19.5. The van der Waals surface area contributed by atoms with Gasteiger partial charge in [0.05, 0.1) is 17.6 Å². The number of nitrogens with one attached hydrogen (secondary N) is 1. The molecule has 0 aliphatic heterocycles. The molecule has 0 saturated heterocycles. The highest BCUT2D eigenvalue weighted by atomic mass is 16.5. The number of ether oxygens (including phenoxy) is 1. The lowest BCUT2D eigenvalue weighted by atomic mass is 10.1. The minimum absolute atomic E-state index is 0.0216. The Morgan fingerprint density at radius 1 is 1.18 bits per heavy atom.